The molecule has 0 aliphatic carbocycles. The molecule has 0 spiro atoms. The van der Waals surface area contributed by atoms with Crippen LogP contribution in [-0.2, 0) is 23.9 Å². The first-order valence-electron chi connectivity index (χ1n) is 6.90. The van der Waals surface area contributed by atoms with Gasteiger partial charge in [0.05, 0.1) is 32.7 Å². The van der Waals surface area contributed by atoms with E-state index in [1.165, 1.54) is 7.11 Å². The molecule has 0 aromatic rings. The Morgan fingerprint density at radius 3 is 2.67 bits per heavy atom. The second-order valence-electron chi connectivity index (χ2n) is 4.88. The normalized spacial score (nSPS) is 22.6. The van der Waals surface area contributed by atoms with Gasteiger partial charge in [0.2, 0.25) is 5.91 Å². The van der Waals surface area contributed by atoms with E-state index >= 15 is 0 Å². The summed E-state index contributed by atoms with van der Waals surface area (Å²) in [4.78, 5) is 34.4. The summed E-state index contributed by atoms with van der Waals surface area (Å²) in [5.41, 5.74) is 0. The van der Waals surface area contributed by atoms with Crippen molar-refractivity contribution in [1.29, 1.82) is 0 Å². The molecule has 3 atom stereocenters. The van der Waals surface area contributed by atoms with E-state index < -0.39 is 36.2 Å². The van der Waals surface area contributed by atoms with Crippen LogP contribution < -0.4 is 10.6 Å². The highest BCUT2D eigenvalue weighted by molar-refractivity contribution is 5.88. The zero-order valence-electron chi connectivity index (χ0n) is 12.3. The molecule has 1 aliphatic heterocycles. The molecule has 1 rings (SSSR count). The van der Waals surface area contributed by atoms with E-state index in [0.29, 0.717) is 6.61 Å². The van der Waals surface area contributed by atoms with Crippen molar-refractivity contribution < 1.29 is 29.0 Å². The topological polar surface area (TPSA) is 114 Å². The van der Waals surface area contributed by atoms with Crippen molar-refractivity contribution in [2.75, 3.05) is 26.9 Å². The maximum Gasteiger partial charge on any atom is 0.326 e. The van der Waals surface area contributed by atoms with Gasteiger partial charge in [-0.25, -0.2) is 4.79 Å². The van der Waals surface area contributed by atoms with Gasteiger partial charge in [0.15, 0.2) is 0 Å². The number of aliphatic carboxylic acids is 1. The van der Waals surface area contributed by atoms with Crippen molar-refractivity contribution in [2.24, 2.45) is 5.92 Å². The molecule has 3 N–H and O–H groups in total. The van der Waals surface area contributed by atoms with Crippen LogP contribution in [0.2, 0.25) is 0 Å². The summed E-state index contributed by atoms with van der Waals surface area (Å²) in [6, 6.07) is -1.44. The van der Waals surface area contributed by atoms with Crippen LogP contribution >= 0.6 is 0 Å². The number of ether oxygens (including phenoxy) is 2. The number of carboxylic acids is 1. The van der Waals surface area contributed by atoms with Crippen molar-refractivity contribution in [3.63, 3.8) is 0 Å². The molecule has 1 amide bonds. The van der Waals surface area contributed by atoms with Crippen LogP contribution in [0, 0.1) is 5.92 Å². The standard InChI is InChI=1S/C13H22N2O6/c1-3-4-14-10-7-21-6-8(10)12(17)15-9(13(18)19)5-11(16)20-2/h8-10,14H,3-7H2,1-2H3,(H,15,17)(H,18,19)/t8?,9-,10?/m0/s1. The minimum atomic E-state index is -1.29. The first kappa shape index (κ1) is 17.4. The average molecular weight is 302 g/mol. The Balaban J connectivity index is 2.59. The molecule has 2 unspecified atom stereocenters. The van der Waals surface area contributed by atoms with Gasteiger partial charge in [0, 0.05) is 6.04 Å². The lowest BCUT2D eigenvalue weighted by atomic mass is 10.0. The molecule has 8 heteroatoms. The molecule has 0 aromatic carbocycles. The predicted molar refractivity (Wildman–Crippen MR) is 72.6 cm³/mol. The average Bonchev–Trinajstić information content (AvgIpc) is 2.92. The fourth-order valence-corrected chi connectivity index (χ4v) is 2.07. The maximum atomic E-state index is 12.2. The van der Waals surface area contributed by atoms with Crippen molar-refractivity contribution in [3.05, 3.63) is 0 Å². The molecule has 1 aliphatic rings. The second kappa shape index (κ2) is 8.58. The van der Waals surface area contributed by atoms with Crippen molar-refractivity contribution in [2.45, 2.75) is 31.8 Å². The Hall–Kier alpha value is -1.67. The Bertz CT molecular complexity index is 387. The lowest BCUT2D eigenvalue weighted by molar-refractivity contribution is -0.149. The van der Waals surface area contributed by atoms with E-state index in [2.05, 4.69) is 15.4 Å². The molecule has 1 fully saturated rings. The van der Waals surface area contributed by atoms with E-state index in [1.54, 1.807) is 0 Å². The number of rotatable bonds is 8. The highest BCUT2D eigenvalue weighted by Crippen LogP contribution is 2.14. The summed E-state index contributed by atoms with van der Waals surface area (Å²) < 4.78 is 9.69. The summed E-state index contributed by atoms with van der Waals surface area (Å²) in [5, 5.41) is 14.6. The van der Waals surface area contributed by atoms with Crippen LogP contribution in [0.15, 0.2) is 0 Å². The number of esters is 1. The molecule has 0 aromatic heterocycles. The Morgan fingerprint density at radius 2 is 2.10 bits per heavy atom. The monoisotopic (exact) mass is 302 g/mol. The summed E-state index contributed by atoms with van der Waals surface area (Å²) in [6.07, 6.45) is 0.517. The molecule has 0 bridgehead atoms. The largest absolute Gasteiger partial charge is 0.480 e. The molecule has 1 saturated heterocycles. The Morgan fingerprint density at radius 1 is 1.38 bits per heavy atom. The predicted octanol–water partition coefficient (Wildman–Crippen LogP) is -0.866. The molecule has 120 valence electrons. The summed E-state index contributed by atoms with van der Waals surface area (Å²) >= 11 is 0. The minimum Gasteiger partial charge on any atom is -0.480 e. The minimum absolute atomic E-state index is 0.141. The van der Waals surface area contributed by atoms with Gasteiger partial charge in [-0.05, 0) is 13.0 Å². The Labute approximate surface area is 123 Å². The second-order valence-corrected chi connectivity index (χ2v) is 4.88. The zero-order chi connectivity index (χ0) is 15.8. The van der Waals surface area contributed by atoms with Gasteiger partial charge in [-0.3, -0.25) is 9.59 Å². The number of carbonyl (C=O) groups is 3. The van der Waals surface area contributed by atoms with E-state index in [4.69, 9.17) is 9.84 Å². The van der Waals surface area contributed by atoms with Gasteiger partial charge in [0.1, 0.15) is 6.04 Å². The van der Waals surface area contributed by atoms with Crippen LogP contribution in [0.3, 0.4) is 0 Å². The van der Waals surface area contributed by atoms with Crippen molar-refractivity contribution in [3.8, 4) is 0 Å². The fourth-order valence-electron chi connectivity index (χ4n) is 2.07. The molecule has 0 radical (unpaired) electrons. The van der Waals surface area contributed by atoms with E-state index in [1.807, 2.05) is 6.92 Å². The smallest absolute Gasteiger partial charge is 0.326 e. The quantitative estimate of drug-likeness (QED) is 0.500. The summed E-state index contributed by atoms with van der Waals surface area (Å²) in [6.45, 7) is 3.40. The lowest BCUT2D eigenvalue weighted by Crippen LogP contribution is -2.49. The SMILES string of the molecule is CCCNC1COCC1C(=O)N[C@@H](CC(=O)OC)C(=O)O. The molecular formula is C13H22N2O6. The molecular weight excluding hydrogens is 280 g/mol. The third kappa shape index (κ3) is 5.31. The van der Waals surface area contributed by atoms with E-state index in [-0.39, 0.29) is 12.6 Å². The highest BCUT2D eigenvalue weighted by Gasteiger charge is 2.36. The van der Waals surface area contributed by atoms with Gasteiger partial charge >= 0.3 is 11.9 Å². The first-order chi connectivity index (χ1) is 9.99. The van der Waals surface area contributed by atoms with Gasteiger partial charge in [-0.2, -0.15) is 0 Å². The first-order valence-corrected chi connectivity index (χ1v) is 6.90. The number of amides is 1. The van der Waals surface area contributed by atoms with E-state index in [9.17, 15) is 14.4 Å². The van der Waals surface area contributed by atoms with Gasteiger partial charge < -0.3 is 25.2 Å². The summed E-state index contributed by atoms with van der Waals surface area (Å²) in [7, 11) is 1.17. The van der Waals surface area contributed by atoms with Crippen LogP contribution in [-0.4, -0.2) is 61.9 Å². The van der Waals surface area contributed by atoms with Gasteiger partial charge in [-0.1, -0.05) is 6.92 Å². The third-order valence-corrected chi connectivity index (χ3v) is 3.29. The third-order valence-electron chi connectivity index (χ3n) is 3.29. The van der Waals surface area contributed by atoms with Crippen molar-refractivity contribution in [1.82, 2.24) is 10.6 Å². The van der Waals surface area contributed by atoms with Crippen LogP contribution in [0.4, 0.5) is 0 Å². The molecule has 21 heavy (non-hydrogen) atoms. The molecule has 8 nitrogen and oxygen atoms in total. The molecule has 1 heterocycles. The number of carboxylic acid groups (broad SMARTS) is 1. The van der Waals surface area contributed by atoms with Crippen LogP contribution in [0.5, 0.6) is 0 Å². The number of hydrogen-bond acceptors (Lipinski definition) is 6. The Kier molecular flexibility index (Phi) is 7.10. The van der Waals surface area contributed by atoms with Gasteiger partial charge in [-0.15, -0.1) is 0 Å². The zero-order valence-corrected chi connectivity index (χ0v) is 12.3. The molecule has 0 saturated carbocycles. The van der Waals surface area contributed by atoms with Gasteiger partial charge in [0.25, 0.3) is 0 Å². The highest BCUT2D eigenvalue weighted by atomic mass is 16.5. The number of nitrogens with one attached hydrogen (secondary N) is 2. The van der Waals surface area contributed by atoms with E-state index in [0.717, 1.165) is 13.0 Å². The van der Waals surface area contributed by atoms with Crippen LogP contribution in [0.1, 0.15) is 19.8 Å². The maximum absolute atomic E-state index is 12.2. The fraction of sp³-hybridized carbons (Fsp3) is 0.769. The number of carbonyl (C=O) groups excluding carboxylic acids is 2. The summed E-state index contributed by atoms with van der Waals surface area (Å²) in [5.74, 6) is -2.86. The van der Waals surface area contributed by atoms with Crippen molar-refractivity contribution >= 4 is 17.8 Å². The lowest BCUT2D eigenvalue weighted by Gasteiger charge is -2.20. The number of hydrogen-bond donors (Lipinski definition) is 3. The van der Waals surface area contributed by atoms with Crippen LogP contribution in [0.25, 0.3) is 0 Å². The number of methoxy groups -OCH3 is 1.